The number of allylic oxidation sites excluding steroid dienone is 1. The van der Waals surface area contributed by atoms with Crippen molar-refractivity contribution in [2.24, 2.45) is 0 Å². The monoisotopic (exact) mass is 97.1 g/mol. The fourth-order valence-corrected chi connectivity index (χ4v) is 0.468. The van der Waals surface area contributed by atoms with Crippen LogP contribution in [0.15, 0.2) is 17.2 Å². The fourth-order valence-electron chi connectivity index (χ4n) is 0.468. The van der Waals surface area contributed by atoms with E-state index in [9.17, 15) is 0 Å². The molecular weight excluding hydrogens is 90.1 g/mol. The van der Waals surface area contributed by atoms with Crippen LogP contribution in [0.4, 0.5) is 0 Å². The third-order valence-electron chi connectivity index (χ3n) is 0.721. The molecule has 0 fully saturated rings. The summed E-state index contributed by atoms with van der Waals surface area (Å²) in [6, 6.07) is 0. The van der Waals surface area contributed by atoms with Crippen molar-refractivity contribution >= 4 is 0 Å². The molecule has 0 aromatic rings. The number of rotatable bonds is 0. The average molecular weight is 97.1 g/mol. The molecule has 1 rings (SSSR count). The van der Waals surface area contributed by atoms with Crippen LogP contribution < -0.4 is 5.48 Å². The van der Waals surface area contributed by atoms with Gasteiger partial charge in [-0.15, -0.1) is 0 Å². The molecule has 38 valence electrons. The van der Waals surface area contributed by atoms with Gasteiger partial charge in [0.1, 0.15) is 0 Å². The molecule has 1 heterocycles. The summed E-state index contributed by atoms with van der Waals surface area (Å²) >= 11 is 0. The minimum absolute atomic E-state index is 0.803. The first-order valence-electron chi connectivity index (χ1n) is 2.16. The van der Waals surface area contributed by atoms with Gasteiger partial charge in [0.2, 0.25) is 0 Å². The Morgan fingerprint density at radius 2 is 2.29 bits per heavy atom. The van der Waals surface area contributed by atoms with E-state index in [-0.39, 0.29) is 0 Å². The zero-order chi connectivity index (χ0) is 5.28. The molecule has 0 saturated heterocycles. The van der Waals surface area contributed by atoms with Gasteiger partial charge in [0.05, 0.1) is 5.70 Å². The summed E-state index contributed by atoms with van der Waals surface area (Å²) in [5, 5.41) is 0. The number of hydroxylamine groups is 1. The van der Waals surface area contributed by atoms with Crippen molar-refractivity contribution in [2.75, 3.05) is 0 Å². The summed E-state index contributed by atoms with van der Waals surface area (Å²) in [6.45, 7) is 3.75. The molecular formula is C5H7NO. The van der Waals surface area contributed by atoms with Crippen molar-refractivity contribution < 1.29 is 4.84 Å². The second kappa shape index (κ2) is 1.32. The standard InChI is InChI=1S/C5H7NO/c1-4-3-5(2)7-6-4/h6H,1-2H3. The molecule has 0 unspecified atom stereocenters. The Morgan fingerprint density at radius 1 is 1.57 bits per heavy atom. The third-order valence-corrected chi connectivity index (χ3v) is 0.721. The third kappa shape index (κ3) is 0.756. The van der Waals surface area contributed by atoms with Crippen molar-refractivity contribution in [1.82, 2.24) is 5.48 Å². The number of hydrogen-bond acceptors (Lipinski definition) is 2. The average Bonchev–Trinajstić information content (AvgIpc) is 1.87. The topological polar surface area (TPSA) is 21.3 Å². The lowest BCUT2D eigenvalue weighted by Gasteiger charge is -1.94. The minimum Gasteiger partial charge on any atom is -0.378 e. The molecule has 2 nitrogen and oxygen atoms in total. The summed E-state index contributed by atoms with van der Waals surface area (Å²) in [5.74, 6) is 0.803. The van der Waals surface area contributed by atoms with Crippen molar-refractivity contribution in [3.8, 4) is 0 Å². The van der Waals surface area contributed by atoms with E-state index in [2.05, 4.69) is 11.2 Å². The first-order chi connectivity index (χ1) is 3.29. The van der Waals surface area contributed by atoms with Gasteiger partial charge in [-0.05, 0) is 6.92 Å². The highest BCUT2D eigenvalue weighted by molar-refractivity contribution is 5.02. The van der Waals surface area contributed by atoms with Crippen LogP contribution in [0.25, 0.3) is 0 Å². The van der Waals surface area contributed by atoms with E-state index in [1.807, 2.05) is 13.8 Å². The maximum atomic E-state index is 4.78. The van der Waals surface area contributed by atoms with Gasteiger partial charge < -0.3 is 4.84 Å². The Morgan fingerprint density at radius 3 is 2.43 bits per heavy atom. The molecule has 1 aliphatic heterocycles. The molecule has 0 saturated carbocycles. The van der Waals surface area contributed by atoms with Crippen molar-refractivity contribution in [3.63, 3.8) is 0 Å². The molecule has 0 radical (unpaired) electrons. The second-order valence-electron chi connectivity index (χ2n) is 1.51. The maximum absolute atomic E-state index is 4.78. The van der Waals surface area contributed by atoms with Gasteiger partial charge in [-0.25, -0.2) is 5.48 Å². The lowest BCUT2D eigenvalue weighted by molar-refractivity contribution is 0.149. The highest BCUT2D eigenvalue weighted by Crippen LogP contribution is 1.99. The number of hydrogen-bond donors (Lipinski definition) is 1. The second-order valence-corrected chi connectivity index (χ2v) is 1.51. The smallest absolute Gasteiger partial charge is 0.172 e. The lowest BCUT2D eigenvalue weighted by Crippen LogP contribution is -2.03. The van der Waals surface area contributed by atoms with Crippen LogP contribution in [-0.2, 0) is 4.84 Å². The van der Waals surface area contributed by atoms with E-state index in [1.54, 1.807) is 0 Å². The molecule has 0 amide bonds. The Balaban J connectivity index is 2.81. The van der Waals surface area contributed by atoms with E-state index in [1.165, 1.54) is 0 Å². The first kappa shape index (κ1) is 4.28. The van der Waals surface area contributed by atoms with Gasteiger partial charge in [0, 0.05) is 6.92 Å². The van der Waals surface area contributed by atoms with E-state index in [4.69, 9.17) is 4.84 Å². The van der Waals surface area contributed by atoms with Crippen LogP contribution in [0.3, 0.4) is 0 Å². The molecule has 0 aliphatic carbocycles. The van der Waals surface area contributed by atoms with Crippen LogP contribution in [-0.4, -0.2) is 0 Å². The fraction of sp³-hybridized carbons (Fsp3) is 0.400. The van der Waals surface area contributed by atoms with Crippen LogP contribution >= 0.6 is 0 Å². The number of nitrogens with one attached hydrogen (secondary N) is 1. The summed E-state index contributed by atoms with van der Waals surface area (Å²) in [5.41, 5.74) is 6.50. The predicted molar refractivity (Wildman–Crippen MR) is 26.1 cm³/mol. The van der Waals surface area contributed by atoms with Crippen molar-refractivity contribution in [3.05, 3.63) is 17.2 Å². The predicted octanol–water partition coefficient (Wildman–Crippen LogP) is 0.928. The lowest BCUT2D eigenvalue weighted by atomic mass is 10.5. The minimum atomic E-state index is 0.803. The molecule has 0 aromatic carbocycles. The highest BCUT2D eigenvalue weighted by Gasteiger charge is 1.95. The largest absolute Gasteiger partial charge is 0.378 e. The van der Waals surface area contributed by atoms with E-state index < -0.39 is 0 Å². The van der Waals surface area contributed by atoms with Crippen LogP contribution in [0.1, 0.15) is 13.8 Å². The van der Waals surface area contributed by atoms with E-state index in [0.717, 1.165) is 11.5 Å². The van der Waals surface area contributed by atoms with Gasteiger partial charge in [0.15, 0.2) is 5.76 Å². The van der Waals surface area contributed by atoms with Gasteiger partial charge in [0.25, 0.3) is 0 Å². The zero-order valence-corrected chi connectivity index (χ0v) is 4.41. The summed E-state index contributed by atoms with van der Waals surface area (Å²) in [7, 11) is 0. The quantitative estimate of drug-likeness (QED) is 0.454. The van der Waals surface area contributed by atoms with Gasteiger partial charge >= 0.3 is 0 Å². The SMILES string of the molecule is CC1=C=C(C)ON1. The molecule has 0 atom stereocenters. The Hall–Kier alpha value is -0.880. The molecule has 2 heteroatoms. The zero-order valence-electron chi connectivity index (χ0n) is 4.41. The molecule has 0 bridgehead atoms. The maximum Gasteiger partial charge on any atom is 0.172 e. The van der Waals surface area contributed by atoms with Crippen molar-refractivity contribution in [2.45, 2.75) is 13.8 Å². The van der Waals surface area contributed by atoms with Gasteiger partial charge in [-0.2, -0.15) is 0 Å². The highest BCUT2D eigenvalue weighted by atomic mass is 16.7. The van der Waals surface area contributed by atoms with Crippen molar-refractivity contribution in [1.29, 1.82) is 0 Å². The normalized spacial score (nSPS) is 16.9. The Kier molecular flexibility index (Phi) is 0.807. The first-order valence-corrected chi connectivity index (χ1v) is 2.16. The van der Waals surface area contributed by atoms with Gasteiger partial charge in [-0.3, -0.25) is 0 Å². The molecule has 0 aromatic heterocycles. The Labute approximate surface area is 42.4 Å². The summed E-state index contributed by atoms with van der Waals surface area (Å²) < 4.78 is 0. The Bertz CT molecular complexity index is 128. The summed E-state index contributed by atoms with van der Waals surface area (Å²) in [6.07, 6.45) is 0. The van der Waals surface area contributed by atoms with Crippen LogP contribution in [0.5, 0.6) is 0 Å². The molecule has 1 N–H and O–H groups in total. The van der Waals surface area contributed by atoms with Gasteiger partial charge in [-0.1, -0.05) is 5.73 Å². The summed E-state index contributed by atoms with van der Waals surface area (Å²) in [4.78, 5) is 4.78. The molecule has 0 spiro atoms. The van der Waals surface area contributed by atoms with Crippen LogP contribution in [0.2, 0.25) is 0 Å². The van der Waals surface area contributed by atoms with Crippen LogP contribution in [0, 0.1) is 0 Å². The van der Waals surface area contributed by atoms with E-state index >= 15 is 0 Å². The molecule has 1 aliphatic rings. The molecule has 7 heavy (non-hydrogen) atoms. The van der Waals surface area contributed by atoms with E-state index in [0.29, 0.717) is 0 Å².